The van der Waals surface area contributed by atoms with E-state index in [1.54, 1.807) is 18.4 Å². The molecule has 2 N–H and O–H groups in total. The van der Waals surface area contributed by atoms with Crippen LogP contribution in [0, 0.1) is 0 Å². The van der Waals surface area contributed by atoms with Gasteiger partial charge in [0.1, 0.15) is 11.9 Å². The Morgan fingerprint density at radius 3 is 2.78 bits per heavy atom. The van der Waals surface area contributed by atoms with Gasteiger partial charge in [-0.2, -0.15) is 0 Å². The van der Waals surface area contributed by atoms with Gasteiger partial charge in [-0.15, -0.1) is 0 Å². The Morgan fingerprint density at radius 1 is 1.33 bits per heavy atom. The molecule has 2 rings (SSSR count). The average molecular weight is 252 g/mol. The van der Waals surface area contributed by atoms with E-state index in [1.165, 1.54) is 32.4 Å². The van der Waals surface area contributed by atoms with Crippen LogP contribution in [-0.2, 0) is 0 Å². The van der Waals surface area contributed by atoms with Gasteiger partial charge in [-0.25, -0.2) is 0 Å². The minimum atomic E-state index is -0.548. The summed E-state index contributed by atoms with van der Waals surface area (Å²) in [5, 5.41) is 13.2. The van der Waals surface area contributed by atoms with Gasteiger partial charge in [0.05, 0.1) is 6.26 Å². The summed E-state index contributed by atoms with van der Waals surface area (Å²) in [6, 6.07) is 4.14. The third-order valence-electron chi connectivity index (χ3n) is 3.66. The van der Waals surface area contributed by atoms with Crippen molar-refractivity contribution in [2.45, 2.75) is 38.3 Å². The molecule has 2 atom stereocenters. The number of hydrogen-bond donors (Lipinski definition) is 2. The van der Waals surface area contributed by atoms with E-state index in [2.05, 4.69) is 17.1 Å². The third kappa shape index (κ3) is 3.83. The van der Waals surface area contributed by atoms with Gasteiger partial charge in [0.15, 0.2) is 0 Å². The molecule has 0 saturated carbocycles. The minimum absolute atomic E-state index is 0.536. The maximum atomic E-state index is 9.86. The van der Waals surface area contributed by atoms with Crippen molar-refractivity contribution in [1.82, 2.24) is 10.2 Å². The van der Waals surface area contributed by atoms with Crippen molar-refractivity contribution in [3.05, 3.63) is 24.2 Å². The zero-order valence-electron chi connectivity index (χ0n) is 11.1. The highest BCUT2D eigenvalue weighted by atomic mass is 16.4. The van der Waals surface area contributed by atoms with Crippen LogP contribution < -0.4 is 5.32 Å². The molecule has 18 heavy (non-hydrogen) atoms. The number of aliphatic hydroxyl groups excluding tert-OH is 1. The number of piperidine rings is 1. The van der Waals surface area contributed by atoms with Gasteiger partial charge in [0.25, 0.3) is 0 Å². The predicted octanol–water partition coefficient (Wildman–Crippen LogP) is 1.78. The number of nitrogens with one attached hydrogen (secondary N) is 1. The van der Waals surface area contributed by atoms with E-state index in [9.17, 15) is 5.11 Å². The lowest BCUT2D eigenvalue weighted by atomic mass is 10.1. The second-order valence-electron chi connectivity index (χ2n) is 5.14. The second kappa shape index (κ2) is 6.92. The van der Waals surface area contributed by atoms with E-state index < -0.39 is 6.10 Å². The van der Waals surface area contributed by atoms with E-state index in [4.69, 9.17) is 4.42 Å². The van der Waals surface area contributed by atoms with Gasteiger partial charge >= 0.3 is 0 Å². The van der Waals surface area contributed by atoms with Crippen LogP contribution in [0.15, 0.2) is 22.8 Å². The maximum absolute atomic E-state index is 9.86. The van der Waals surface area contributed by atoms with Crippen LogP contribution in [0.1, 0.15) is 38.1 Å². The number of furan rings is 1. The largest absolute Gasteiger partial charge is 0.467 e. The minimum Gasteiger partial charge on any atom is -0.467 e. The summed E-state index contributed by atoms with van der Waals surface area (Å²) in [4.78, 5) is 2.52. The van der Waals surface area contributed by atoms with Crippen molar-refractivity contribution in [2.75, 3.05) is 26.2 Å². The first-order chi connectivity index (χ1) is 8.77. The molecule has 1 aliphatic rings. The molecule has 1 aromatic rings. The molecular weight excluding hydrogens is 228 g/mol. The zero-order valence-corrected chi connectivity index (χ0v) is 11.1. The van der Waals surface area contributed by atoms with E-state index in [-0.39, 0.29) is 0 Å². The van der Waals surface area contributed by atoms with Crippen LogP contribution in [-0.4, -0.2) is 42.2 Å². The topological polar surface area (TPSA) is 48.6 Å². The zero-order chi connectivity index (χ0) is 12.8. The maximum Gasteiger partial charge on any atom is 0.133 e. The third-order valence-corrected chi connectivity index (χ3v) is 3.66. The summed E-state index contributed by atoms with van der Waals surface area (Å²) in [7, 11) is 0. The first kappa shape index (κ1) is 13.6. The molecule has 0 aliphatic carbocycles. The first-order valence-corrected chi connectivity index (χ1v) is 6.93. The summed E-state index contributed by atoms with van der Waals surface area (Å²) in [6.45, 7) is 6.13. The lowest BCUT2D eigenvalue weighted by Gasteiger charge is -2.32. The van der Waals surface area contributed by atoms with Gasteiger partial charge in [0, 0.05) is 19.1 Å². The Kier molecular flexibility index (Phi) is 5.23. The Morgan fingerprint density at radius 2 is 2.11 bits per heavy atom. The lowest BCUT2D eigenvalue weighted by molar-refractivity contribution is 0.135. The van der Waals surface area contributed by atoms with Crippen molar-refractivity contribution in [2.24, 2.45) is 0 Å². The Labute approximate surface area is 109 Å². The van der Waals surface area contributed by atoms with Gasteiger partial charge in [-0.3, -0.25) is 4.90 Å². The number of rotatable bonds is 6. The molecule has 1 aromatic heterocycles. The van der Waals surface area contributed by atoms with Crippen molar-refractivity contribution in [3.8, 4) is 0 Å². The molecule has 102 valence electrons. The van der Waals surface area contributed by atoms with E-state index >= 15 is 0 Å². The fraction of sp³-hybridized carbons (Fsp3) is 0.714. The van der Waals surface area contributed by atoms with Crippen molar-refractivity contribution >= 4 is 0 Å². The predicted molar refractivity (Wildman–Crippen MR) is 71.4 cm³/mol. The molecule has 2 unspecified atom stereocenters. The number of likely N-dealkylation sites (tertiary alicyclic amines) is 1. The van der Waals surface area contributed by atoms with Gasteiger partial charge in [0.2, 0.25) is 0 Å². The van der Waals surface area contributed by atoms with Gasteiger partial charge < -0.3 is 14.8 Å². The van der Waals surface area contributed by atoms with E-state index in [0.29, 0.717) is 18.3 Å². The molecule has 0 aromatic carbocycles. The van der Waals surface area contributed by atoms with Gasteiger partial charge in [-0.1, -0.05) is 6.42 Å². The molecule has 4 nitrogen and oxygen atoms in total. The Bertz CT molecular complexity index is 321. The van der Waals surface area contributed by atoms with E-state index in [0.717, 1.165) is 6.54 Å². The number of aliphatic hydroxyl groups is 1. The smallest absolute Gasteiger partial charge is 0.133 e. The molecule has 1 saturated heterocycles. The molecule has 0 amide bonds. The summed E-state index contributed by atoms with van der Waals surface area (Å²) in [5.41, 5.74) is 0. The monoisotopic (exact) mass is 252 g/mol. The normalized spacial score (nSPS) is 20.8. The Balaban J connectivity index is 1.65. The van der Waals surface area contributed by atoms with Crippen molar-refractivity contribution in [3.63, 3.8) is 0 Å². The van der Waals surface area contributed by atoms with Crippen LogP contribution in [0.2, 0.25) is 0 Å². The molecule has 4 heteroatoms. The van der Waals surface area contributed by atoms with Gasteiger partial charge in [-0.05, 0) is 45.0 Å². The summed E-state index contributed by atoms with van der Waals surface area (Å²) >= 11 is 0. The molecule has 1 aliphatic heterocycles. The van der Waals surface area contributed by atoms with Crippen LogP contribution in [0.3, 0.4) is 0 Å². The first-order valence-electron chi connectivity index (χ1n) is 6.93. The molecular formula is C14H24N2O2. The Hall–Kier alpha value is -0.840. The quantitative estimate of drug-likeness (QED) is 0.810. The molecule has 0 spiro atoms. The highest BCUT2D eigenvalue weighted by Gasteiger charge is 2.17. The molecule has 0 bridgehead atoms. The fourth-order valence-electron chi connectivity index (χ4n) is 2.50. The van der Waals surface area contributed by atoms with Crippen LogP contribution in [0.5, 0.6) is 0 Å². The average Bonchev–Trinajstić information content (AvgIpc) is 2.93. The SMILES string of the molecule is CC(CNCC(O)c1ccco1)N1CCCCC1. The van der Waals surface area contributed by atoms with Crippen molar-refractivity contribution < 1.29 is 9.52 Å². The fourth-order valence-corrected chi connectivity index (χ4v) is 2.50. The van der Waals surface area contributed by atoms with Crippen molar-refractivity contribution in [1.29, 1.82) is 0 Å². The highest BCUT2D eigenvalue weighted by molar-refractivity contribution is 5.02. The highest BCUT2D eigenvalue weighted by Crippen LogP contribution is 2.13. The molecule has 1 fully saturated rings. The summed E-state index contributed by atoms with van der Waals surface area (Å²) < 4.78 is 5.17. The number of hydrogen-bond acceptors (Lipinski definition) is 4. The second-order valence-corrected chi connectivity index (χ2v) is 5.14. The van der Waals surface area contributed by atoms with Crippen LogP contribution in [0.25, 0.3) is 0 Å². The van der Waals surface area contributed by atoms with Crippen LogP contribution >= 0.6 is 0 Å². The molecule has 0 radical (unpaired) electrons. The molecule has 2 heterocycles. The van der Waals surface area contributed by atoms with E-state index in [1.807, 2.05) is 0 Å². The summed E-state index contributed by atoms with van der Waals surface area (Å²) in [5.74, 6) is 0.633. The number of nitrogens with zero attached hydrogens (tertiary/aromatic N) is 1. The lowest BCUT2D eigenvalue weighted by Crippen LogP contribution is -2.43. The van der Waals surface area contributed by atoms with Crippen LogP contribution in [0.4, 0.5) is 0 Å². The summed E-state index contributed by atoms with van der Waals surface area (Å²) in [6.07, 6.45) is 5.05. The standard InChI is InChI=1S/C14H24N2O2/c1-12(16-7-3-2-4-8-16)10-15-11-13(17)14-6-5-9-18-14/h5-6,9,12-13,15,17H,2-4,7-8,10-11H2,1H3.